The number of piperazine rings is 1. The molecule has 1 fully saturated rings. The van der Waals surface area contributed by atoms with E-state index in [1.165, 1.54) is 16.8 Å². The third kappa shape index (κ3) is 4.20. The highest BCUT2D eigenvalue weighted by molar-refractivity contribution is 5.49. The van der Waals surface area contributed by atoms with Gasteiger partial charge in [-0.1, -0.05) is 6.07 Å². The molecule has 0 radical (unpaired) electrons. The highest BCUT2D eigenvalue weighted by Crippen LogP contribution is 2.31. The SMILES string of the molecule is COc1ccc(N2CCN(CC[C@@H]3OCCc4cc(N)ccc43)CC2)cc1. The molecule has 0 unspecified atom stereocenters. The summed E-state index contributed by atoms with van der Waals surface area (Å²) in [7, 11) is 1.71. The quantitative estimate of drug-likeness (QED) is 0.823. The monoisotopic (exact) mass is 367 g/mol. The van der Waals surface area contributed by atoms with Crippen molar-refractivity contribution in [2.75, 3.05) is 57.1 Å². The highest BCUT2D eigenvalue weighted by atomic mass is 16.5. The second-order valence-corrected chi connectivity index (χ2v) is 7.38. The van der Waals surface area contributed by atoms with Crippen LogP contribution in [0.5, 0.6) is 5.75 Å². The van der Waals surface area contributed by atoms with Gasteiger partial charge in [0, 0.05) is 44.1 Å². The van der Waals surface area contributed by atoms with Gasteiger partial charge in [0.05, 0.1) is 19.8 Å². The summed E-state index contributed by atoms with van der Waals surface area (Å²) in [4.78, 5) is 5.00. The summed E-state index contributed by atoms with van der Waals surface area (Å²) < 4.78 is 11.3. The second kappa shape index (κ2) is 8.19. The van der Waals surface area contributed by atoms with E-state index in [2.05, 4.69) is 34.1 Å². The number of hydrogen-bond donors (Lipinski definition) is 1. The molecule has 0 amide bonds. The molecule has 1 saturated heterocycles. The summed E-state index contributed by atoms with van der Waals surface area (Å²) in [5.41, 5.74) is 10.7. The molecule has 144 valence electrons. The Labute approximate surface area is 161 Å². The van der Waals surface area contributed by atoms with Gasteiger partial charge in [0.2, 0.25) is 0 Å². The maximum atomic E-state index is 6.06. The van der Waals surface area contributed by atoms with Crippen LogP contribution in [0.15, 0.2) is 42.5 Å². The third-order valence-corrected chi connectivity index (χ3v) is 5.72. The van der Waals surface area contributed by atoms with Crippen LogP contribution in [0.25, 0.3) is 0 Å². The lowest BCUT2D eigenvalue weighted by Gasteiger charge is -2.37. The van der Waals surface area contributed by atoms with E-state index in [1.807, 2.05) is 18.2 Å². The molecule has 5 heteroatoms. The molecular formula is C22H29N3O2. The van der Waals surface area contributed by atoms with E-state index in [0.717, 1.165) is 63.6 Å². The molecule has 0 bridgehead atoms. The van der Waals surface area contributed by atoms with Gasteiger partial charge in [-0.3, -0.25) is 4.90 Å². The van der Waals surface area contributed by atoms with Gasteiger partial charge < -0.3 is 20.1 Å². The minimum atomic E-state index is 0.203. The predicted molar refractivity (Wildman–Crippen MR) is 110 cm³/mol. The summed E-state index contributed by atoms with van der Waals surface area (Å²) in [6.45, 7) is 6.17. The number of methoxy groups -OCH3 is 1. The Morgan fingerprint density at radius 3 is 2.59 bits per heavy atom. The van der Waals surface area contributed by atoms with E-state index in [0.29, 0.717) is 0 Å². The minimum Gasteiger partial charge on any atom is -0.497 e. The maximum Gasteiger partial charge on any atom is 0.119 e. The molecule has 2 aromatic rings. The van der Waals surface area contributed by atoms with Crippen LogP contribution in [0, 0.1) is 0 Å². The second-order valence-electron chi connectivity index (χ2n) is 7.38. The number of benzene rings is 2. The molecule has 0 spiro atoms. The lowest BCUT2D eigenvalue weighted by molar-refractivity contribution is 0.0289. The molecule has 0 aliphatic carbocycles. The number of hydrogen-bond acceptors (Lipinski definition) is 5. The van der Waals surface area contributed by atoms with Crippen LogP contribution in [-0.2, 0) is 11.2 Å². The lowest BCUT2D eigenvalue weighted by atomic mass is 9.95. The van der Waals surface area contributed by atoms with Crippen molar-refractivity contribution in [3.63, 3.8) is 0 Å². The fraction of sp³-hybridized carbons (Fsp3) is 0.455. The maximum absolute atomic E-state index is 6.06. The topological polar surface area (TPSA) is 51.0 Å². The number of rotatable bonds is 5. The number of anilines is 2. The average molecular weight is 367 g/mol. The molecule has 4 rings (SSSR count). The Morgan fingerprint density at radius 1 is 1.07 bits per heavy atom. The van der Waals surface area contributed by atoms with E-state index in [4.69, 9.17) is 15.2 Å². The van der Waals surface area contributed by atoms with Gasteiger partial charge in [0.1, 0.15) is 5.75 Å². The van der Waals surface area contributed by atoms with Crippen molar-refractivity contribution < 1.29 is 9.47 Å². The molecule has 5 nitrogen and oxygen atoms in total. The Kier molecular flexibility index (Phi) is 5.50. The molecule has 1 atom stereocenters. The fourth-order valence-electron chi connectivity index (χ4n) is 4.12. The summed E-state index contributed by atoms with van der Waals surface area (Å²) >= 11 is 0. The number of nitrogens with two attached hydrogens (primary N) is 1. The smallest absolute Gasteiger partial charge is 0.119 e. The average Bonchev–Trinajstić information content (AvgIpc) is 2.72. The van der Waals surface area contributed by atoms with Crippen LogP contribution < -0.4 is 15.4 Å². The van der Waals surface area contributed by atoms with E-state index >= 15 is 0 Å². The van der Waals surface area contributed by atoms with Gasteiger partial charge in [-0.25, -0.2) is 0 Å². The summed E-state index contributed by atoms with van der Waals surface area (Å²) in [5.74, 6) is 0.909. The third-order valence-electron chi connectivity index (χ3n) is 5.72. The summed E-state index contributed by atoms with van der Waals surface area (Å²) in [6.07, 6.45) is 2.21. The lowest BCUT2D eigenvalue weighted by Crippen LogP contribution is -2.46. The zero-order valence-corrected chi connectivity index (χ0v) is 16.1. The Balaban J connectivity index is 1.29. The van der Waals surface area contributed by atoms with Crippen LogP contribution in [0.1, 0.15) is 23.7 Å². The van der Waals surface area contributed by atoms with Gasteiger partial charge in [-0.15, -0.1) is 0 Å². The number of ether oxygens (including phenoxy) is 2. The molecule has 2 N–H and O–H groups in total. The van der Waals surface area contributed by atoms with Gasteiger partial charge in [0.15, 0.2) is 0 Å². The molecule has 2 aliphatic heterocycles. The number of nitrogen functional groups attached to an aromatic ring is 1. The molecule has 0 saturated carbocycles. The fourth-order valence-corrected chi connectivity index (χ4v) is 4.12. The molecule has 2 aliphatic rings. The molecular weight excluding hydrogens is 338 g/mol. The van der Waals surface area contributed by atoms with Gasteiger partial charge in [0.25, 0.3) is 0 Å². The largest absolute Gasteiger partial charge is 0.497 e. The van der Waals surface area contributed by atoms with Crippen molar-refractivity contribution in [1.82, 2.24) is 4.90 Å². The van der Waals surface area contributed by atoms with Crippen molar-refractivity contribution >= 4 is 11.4 Å². The number of fused-ring (bicyclic) bond motifs is 1. The summed E-state index contributed by atoms with van der Waals surface area (Å²) in [5, 5.41) is 0. The molecule has 0 aromatic heterocycles. The van der Waals surface area contributed by atoms with Crippen LogP contribution in [0.3, 0.4) is 0 Å². The van der Waals surface area contributed by atoms with Crippen LogP contribution in [-0.4, -0.2) is 51.3 Å². The Bertz CT molecular complexity index is 755. The zero-order valence-electron chi connectivity index (χ0n) is 16.1. The van der Waals surface area contributed by atoms with Crippen molar-refractivity contribution in [2.45, 2.75) is 18.9 Å². The minimum absolute atomic E-state index is 0.203. The van der Waals surface area contributed by atoms with Crippen molar-refractivity contribution in [2.24, 2.45) is 0 Å². The Hall–Kier alpha value is -2.24. The van der Waals surface area contributed by atoms with Crippen molar-refractivity contribution in [3.8, 4) is 5.75 Å². The zero-order chi connectivity index (χ0) is 18.6. The van der Waals surface area contributed by atoms with Crippen molar-refractivity contribution in [1.29, 1.82) is 0 Å². The first-order chi connectivity index (χ1) is 13.2. The van der Waals surface area contributed by atoms with Gasteiger partial charge in [-0.2, -0.15) is 0 Å². The van der Waals surface area contributed by atoms with Crippen molar-refractivity contribution in [3.05, 3.63) is 53.6 Å². The molecule has 2 heterocycles. The van der Waals surface area contributed by atoms with E-state index in [1.54, 1.807) is 7.11 Å². The first kappa shape index (κ1) is 18.1. The van der Waals surface area contributed by atoms with Crippen LogP contribution in [0.2, 0.25) is 0 Å². The number of nitrogens with zero attached hydrogens (tertiary/aromatic N) is 2. The first-order valence-electron chi connectivity index (χ1n) is 9.84. The van der Waals surface area contributed by atoms with Gasteiger partial charge >= 0.3 is 0 Å². The van der Waals surface area contributed by atoms with E-state index < -0.39 is 0 Å². The first-order valence-corrected chi connectivity index (χ1v) is 9.84. The normalized spacial score (nSPS) is 20.3. The van der Waals surface area contributed by atoms with E-state index in [-0.39, 0.29) is 6.10 Å². The van der Waals surface area contributed by atoms with Crippen LogP contribution >= 0.6 is 0 Å². The summed E-state index contributed by atoms with van der Waals surface area (Å²) in [6, 6.07) is 14.6. The standard InChI is InChI=1S/C22H29N3O2/c1-26-20-5-3-19(4-6-20)25-13-11-24(12-14-25)10-8-22-21-7-2-18(23)16-17(21)9-15-27-22/h2-7,16,22H,8-15,23H2,1H3/t22-/m0/s1. The van der Waals surface area contributed by atoms with Crippen LogP contribution in [0.4, 0.5) is 11.4 Å². The molecule has 27 heavy (non-hydrogen) atoms. The van der Waals surface area contributed by atoms with Gasteiger partial charge in [-0.05, 0) is 60.4 Å². The highest BCUT2D eigenvalue weighted by Gasteiger charge is 2.23. The predicted octanol–water partition coefficient (Wildman–Crippen LogP) is 3.10. The Morgan fingerprint density at radius 2 is 1.85 bits per heavy atom. The van der Waals surface area contributed by atoms with E-state index in [9.17, 15) is 0 Å². The molecule has 2 aromatic carbocycles.